The van der Waals surface area contributed by atoms with Crippen molar-refractivity contribution >= 4 is 11.8 Å². The van der Waals surface area contributed by atoms with E-state index in [0.717, 1.165) is 5.56 Å². The third-order valence-corrected chi connectivity index (χ3v) is 5.31. The van der Waals surface area contributed by atoms with E-state index in [4.69, 9.17) is 21.0 Å². The van der Waals surface area contributed by atoms with Crippen LogP contribution in [-0.4, -0.2) is 57.2 Å². The fraction of sp³-hybridized carbons (Fsp3) is 0.318. The van der Waals surface area contributed by atoms with Gasteiger partial charge in [0.25, 0.3) is 0 Å². The van der Waals surface area contributed by atoms with E-state index in [0.29, 0.717) is 46.3 Å². The number of nitrogens with one attached hydrogen (secondary N) is 1. The molecular weight excluding hydrogens is 443 g/mol. The molecule has 4 rings (SSSR count). The van der Waals surface area contributed by atoms with Gasteiger partial charge in [0, 0.05) is 18.5 Å². The van der Waals surface area contributed by atoms with Crippen LogP contribution in [0.5, 0.6) is 5.88 Å². The number of fused-ring (bicyclic) bond motifs is 1. The van der Waals surface area contributed by atoms with Gasteiger partial charge in [-0.3, -0.25) is 4.98 Å². The number of amidine groups is 1. The molecule has 6 N–H and O–H groups in total. The number of benzene rings is 1. The molecule has 0 bridgehead atoms. The molecule has 1 aliphatic rings. The van der Waals surface area contributed by atoms with Crippen LogP contribution < -0.4 is 21.5 Å². The molecule has 34 heavy (non-hydrogen) atoms. The van der Waals surface area contributed by atoms with Crippen molar-refractivity contribution in [3.05, 3.63) is 58.9 Å². The number of hydrogen-bond donors (Lipinski definition) is 4. The Morgan fingerprint density at radius 1 is 1.29 bits per heavy atom. The van der Waals surface area contributed by atoms with Crippen molar-refractivity contribution in [2.75, 3.05) is 26.0 Å². The maximum Gasteiger partial charge on any atom is 0.232 e. The molecule has 12 heteroatoms. The topological polar surface area (TPSA) is 167 Å². The van der Waals surface area contributed by atoms with Gasteiger partial charge >= 0.3 is 0 Å². The summed E-state index contributed by atoms with van der Waals surface area (Å²) in [5.74, 6) is 0.378. The van der Waals surface area contributed by atoms with E-state index >= 15 is 0 Å². The zero-order valence-electron chi connectivity index (χ0n) is 18.7. The van der Waals surface area contributed by atoms with Crippen molar-refractivity contribution in [1.82, 2.24) is 25.3 Å². The summed E-state index contributed by atoms with van der Waals surface area (Å²) >= 11 is 0. The van der Waals surface area contributed by atoms with E-state index in [2.05, 4.69) is 30.4 Å². The second-order valence-electron chi connectivity index (χ2n) is 7.69. The molecule has 178 valence electrons. The Kier molecular flexibility index (Phi) is 6.80. The fourth-order valence-corrected chi connectivity index (χ4v) is 3.74. The van der Waals surface area contributed by atoms with E-state index in [1.807, 2.05) is 0 Å². The Morgan fingerprint density at radius 2 is 2.12 bits per heavy atom. The number of rotatable bonds is 7. The maximum atomic E-state index is 14.3. The van der Waals surface area contributed by atoms with Crippen LogP contribution in [0.2, 0.25) is 0 Å². The van der Waals surface area contributed by atoms with Gasteiger partial charge in [-0.05, 0) is 24.6 Å². The summed E-state index contributed by atoms with van der Waals surface area (Å²) < 4.78 is 19.4. The molecule has 11 nitrogen and oxygen atoms in total. The zero-order valence-corrected chi connectivity index (χ0v) is 18.7. The van der Waals surface area contributed by atoms with Crippen molar-refractivity contribution in [1.29, 1.82) is 0 Å². The first-order valence-electron chi connectivity index (χ1n) is 10.5. The molecule has 0 saturated carbocycles. The Balaban J connectivity index is 1.77. The number of nitrogens with zero attached hydrogens (tertiary/aromatic N) is 5. The third-order valence-electron chi connectivity index (χ3n) is 5.31. The number of halogens is 1. The second-order valence-corrected chi connectivity index (χ2v) is 7.69. The van der Waals surface area contributed by atoms with Crippen LogP contribution in [0.1, 0.15) is 28.6 Å². The highest BCUT2D eigenvalue weighted by atomic mass is 19.1. The lowest BCUT2D eigenvalue weighted by Gasteiger charge is -2.29. The van der Waals surface area contributed by atoms with Crippen LogP contribution in [0.15, 0.2) is 35.7 Å². The molecular formula is C22H25FN8O3. The largest absolute Gasteiger partial charge is 0.480 e. The fourth-order valence-electron chi connectivity index (χ4n) is 3.74. The first kappa shape index (κ1) is 23.3. The van der Waals surface area contributed by atoms with Crippen LogP contribution in [-0.2, 0) is 11.3 Å². The van der Waals surface area contributed by atoms with Gasteiger partial charge in [0.15, 0.2) is 5.84 Å². The third kappa shape index (κ3) is 4.87. The Labute approximate surface area is 195 Å². The molecule has 1 unspecified atom stereocenters. The number of aliphatic hydroxyl groups excluding tert-OH is 1. The minimum atomic E-state index is -0.859. The standard InChI is InChI=1S/C22H25FN8O3/c1-11-20-17(30-22(25)27-11)6-16(29-21(20)31-34-10-13(32)7-24)14-4-3-12(23)5-15(14)18-8-26-9-19(28-18)33-2/h3-5,8-9,13,16,32H,6-7,10,24H2,1-2H3,(H,29,31)(H2,25,27,30)/t13?,16-/m1/s1. The summed E-state index contributed by atoms with van der Waals surface area (Å²) in [5, 5.41) is 17.2. The number of oxime groups is 1. The van der Waals surface area contributed by atoms with Crippen molar-refractivity contribution in [2.45, 2.75) is 25.5 Å². The highest BCUT2D eigenvalue weighted by Gasteiger charge is 2.30. The van der Waals surface area contributed by atoms with Gasteiger partial charge in [0.05, 0.1) is 48.2 Å². The number of nitrogens with two attached hydrogens (primary N) is 2. The van der Waals surface area contributed by atoms with E-state index < -0.39 is 11.9 Å². The highest BCUT2D eigenvalue weighted by Crippen LogP contribution is 2.33. The Hall–Kier alpha value is -3.90. The lowest BCUT2D eigenvalue weighted by molar-refractivity contribution is 0.0443. The number of aryl methyl sites for hydroxylation is 1. The molecule has 3 heterocycles. The summed E-state index contributed by atoms with van der Waals surface area (Å²) in [7, 11) is 1.48. The lowest BCUT2D eigenvalue weighted by atomic mass is 9.90. The molecule has 0 amide bonds. The minimum Gasteiger partial charge on any atom is -0.480 e. The van der Waals surface area contributed by atoms with Gasteiger partial charge in [-0.1, -0.05) is 11.2 Å². The van der Waals surface area contributed by atoms with Crippen molar-refractivity contribution < 1.29 is 19.1 Å². The summed E-state index contributed by atoms with van der Waals surface area (Å²) in [4.78, 5) is 22.5. The molecule has 2 atom stereocenters. The molecule has 0 saturated heterocycles. The quantitative estimate of drug-likeness (QED) is 0.365. The number of aliphatic hydroxyl groups is 1. The lowest BCUT2D eigenvalue weighted by Crippen LogP contribution is -2.38. The first-order valence-corrected chi connectivity index (χ1v) is 10.5. The van der Waals surface area contributed by atoms with Crippen molar-refractivity contribution in [2.24, 2.45) is 10.9 Å². The summed E-state index contributed by atoms with van der Waals surface area (Å²) in [6, 6.07) is 4.04. The van der Waals surface area contributed by atoms with Crippen molar-refractivity contribution in [3.8, 4) is 17.1 Å². The number of ether oxygens (including phenoxy) is 1. The summed E-state index contributed by atoms with van der Waals surface area (Å²) in [6.45, 7) is 1.74. The van der Waals surface area contributed by atoms with Gasteiger partial charge in [-0.25, -0.2) is 19.3 Å². The van der Waals surface area contributed by atoms with Gasteiger partial charge < -0.3 is 31.5 Å². The molecule has 2 aromatic heterocycles. The minimum absolute atomic E-state index is 0.0384. The maximum absolute atomic E-state index is 14.3. The van der Waals surface area contributed by atoms with Gasteiger partial charge in [0.2, 0.25) is 11.8 Å². The van der Waals surface area contributed by atoms with Crippen molar-refractivity contribution in [3.63, 3.8) is 0 Å². The van der Waals surface area contributed by atoms with E-state index in [1.165, 1.54) is 31.6 Å². The second kappa shape index (κ2) is 9.93. The number of anilines is 1. The van der Waals surface area contributed by atoms with Crippen LogP contribution in [0, 0.1) is 12.7 Å². The number of hydrogen-bond acceptors (Lipinski definition) is 10. The molecule has 0 radical (unpaired) electrons. The number of aromatic nitrogens is 4. The Morgan fingerprint density at radius 3 is 2.88 bits per heavy atom. The molecule has 0 fully saturated rings. The molecule has 0 aliphatic carbocycles. The predicted molar refractivity (Wildman–Crippen MR) is 122 cm³/mol. The Bertz CT molecular complexity index is 1220. The van der Waals surface area contributed by atoms with E-state index in [9.17, 15) is 9.50 Å². The smallest absolute Gasteiger partial charge is 0.232 e. The number of methoxy groups -OCH3 is 1. The highest BCUT2D eigenvalue weighted by molar-refractivity contribution is 6.01. The number of nitrogen functional groups attached to an aromatic ring is 1. The van der Waals surface area contributed by atoms with Crippen LogP contribution in [0.4, 0.5) is 10.3 Å². The van der Waals surface area contributed by atoms with Crippen LogP contribution >= 0.6 is 0 Å². The van der Waals surface area contributed by atoms with Gasteiger partial charge in [-0.15, -0.1) is 0 Å². The molecule has 3 aromatic rings. The monoisotopic (exact) mass is 468 g/mol. The summed E-state index contributed by atoms with van der Waals surface area (Å²) in [5.41, 5.74) is 15.0. The average molecular weight is 468 g/mol. The normalized spacial score (nSPS) is 17.1. The zero-order chi connectivity index (χ0) is 24.2. The molecule has 1 aromatic carbocycles. The molecule has 0 spiro atoms. The summed E-state index contributed by atoms with van der Waals surface area (Å²) in [6.07, 6.45) is 2.57. The van der Waals surface area contributed by atoms with E-state index in [-0.39, 0.29) is 25.1 Å². The van der Waals surface area contributed by atoms with Crippen LogP contribution in [0.3, 0.4) is 0 Å². The SMILES string of the molecule is COc1cncc(-c2cc(F)ccc2[C@H]2Cc3nc(N)nc(C)c3/C(=N/OCC(O)CN)N2)n1. The molecule has 1 aliphatic heterocycles. The predicted octanol–water partition coefficient (Wildman–Crippen LogP) is 0.857. The average Bonchev–Trinajstić information content (AvgIpc) is 2.83. The van der Waals surface area contributed by atoms with Gasteiger partial charge in [0.1, 0.15) is 18.5 Å². The van der Waals surface area contributed by atoms with E-state index in [1.54, 1.807) is 13.0 Å². The first-order chi connectivity index (χ1) is 16.4. The van der Waals surface area contributed by atoms with Crippen LogP contribution in [0.25, 0.3) is 11.3 Å². The van der Waals surface area contributed by atoms with Gasteiger partial charge in [-0.2, -0.15) is 0 Å².